The Hall–Kier alpha value is -4.45. The number of rotatable bonds is 12. The van der Waals surface area contributed by atoms with Crippen LogP contribution in [0.2, 0.25) is 0 Å². The average molecular weight is 555 g/mol. The zero-order valence-electron chi connectivity index (χ0n) is 21.8. The van der Waals surface area contributed by atoms with Crippen molar-refractivity contribution >= 4 is 33.2 Å². The van der Waals surface area contributed by atoms with Crippen molar-refractivity contribution in [2.75, 3.05) is 24.5 Å². The molecule has 11 nitrogen and oxygen atoms in total. The predicted octanol–water partition coefficient (Wildman–Crippen LogP) is 3.35. The molecule has 0 saturated heterocycles. The third-order valence-electron chi connectivity index (χ3n) is 5.97. The van der Waals surface area contributed by atoms with Crippen molar-refractivity contribution in [2.45, 2.75) is 31.3 Å². The highest BCUT2D eigenvalue weighted by Crippen LogP contribution is 2.27. The smallest absolute Gasteiger partial charge is 0.271 e. The normalized spacial score (nSPS) is 11.8. The fraction of sp³-hybridized carbons (Fsp3) is 0.259. The van der Waals surface area contributed by atoms with Crippen LogP contribution in [0.4, 0.5) is 11.4 Å². The molecule has 3 rings (SSSR count). The molecule has 0 aliphatic rings. The maximum absolute atomic E-state index is 13.8. The lowest BCUT2D eigenvalue weighted by atomic mass is 10.1. The molecule has 3 aromatic rings. The quantitative estimate of drug-likeness (QED) is 0.268. The molecular formula is C27H30N4O7S. The molecule has 1 atom stereocenters. The van der Waals surface area contributed by atoms with Crippen LogP contribution in [0.1, 0.15) is 19.4 Å². The van der Waals surface area contributed by atoms with E-state index >= 15 is 0 Å². The summed E-state index contributed by atoms with van der Waals surface area (Å²) in [5.74, 6) is -0.470. The van der Waals surface area contributed by atoms with Gasteiger partial charge in [0, 0.05) is 25.2 Å². The van der Waals surface area contributed by atoms with E-state index < -0.39 is 39.3 Å². The number of amides is 2. The zero-order chi connectivity index (χ0) is 28.6. The number of likely N-dealkylation sites (N-methyl/N-ethyl adjacent to an activating group) is 1. The third-order valence-corrected chi connectivity index (χ3v) is 7.76. The SMILES string of the molecule is CCNC(=O)C(C)N(Cc1ccc(OC)cc1)C(=O)CN(c1cccc([N+](=O)[O-])c1)S(=O)(=O)c1ccccc1. The number of carbonyl (C=O) groups excluding carboxylic acids is 2. The fourth-order valence-corrected chi connectivity index (χ4v) is 5.27. The minimum atomic E-state index is -4.32. The van der Waals surface area contributed by atoms with Crippen LogP contribution < -0.4 is 14.4 Å². The molecule has 0 heterocycles. The van der Waals surface area contributed by atoms with Crippen LogP contribution in [0, 0.1) is 10.1 Å². The summed E-state index contributed by atoms with van der Waals surface area (Å²) in [6.45, 7) is 2.95. The molecule has 1 unspecified atom stereocenters. The van der Waals surface area contributed by atoms with Gasteiger partial charge in [0.15, 0.2) is 0 Å². The number of nitro benzene ring substituents is 1. The molecule has 1 N–H and O–H groups in total. The number of hydrogen-bond acceptors (Lipinski definition) is 7. The summed E-state index contributed by atoms with van der Waals surface area (Å²) >= 11 is 0. The molecule has 0 spiro atoms. The maximum Gasteiger partial charge on any atom is 0.271 e. The Bertz CT molecular complexity index is 1410. The van der Waals surface area contributed by atoms with Crippen molar-refractivity contribution in [1.29, 1.82) is 0 Å². The lowest BCUT2D eigenvalue weighted by Gasteiger charge is -2.32. The minimum Gasteiger partial charge on any atom is -0.497 e. The number of anilines is 1. The summed E-state index contributed by atoms with van der Waals surface area (Å²) < 4.78 is 33.4. The summed E-state index contributed by atoms with van der Waals surface area (Å²) in [5, 5.41) is 14.1. The average Bonchev–Trinajstić information content (AvgIpc) is 2.95. The molecule has 2 amide bonds. The van der Waals surface area contributed by atoms with Crippen LogP contribution in [-0.4, -0.2) is 56.3 Å². The van der Waals surface area contributed by atoms with Crippen LogP contribution in [0.15, 0.2) is 83.8 Å². The van der Waals surface area contributed by atoms with E-state index in [0.29, 0.717) is 17.9 Å². The Morgan fingerprint density at radius 2 is 1.69 bits per heavy atom. The Labute approximate surface area is 227 Å². The van der Waals surface area contributed by atoms with Gasteiger partial charge in [0.25, 0.3) is 15.7 Å². The summed E-state index contributed by atoms with van der Waals surface area (Å²) in [6, 6.07) is 18.5. The van der Waals surface area contributed by atoms with E-state index in [1.54, 1.807) is 44.2 Å². The van der Waals surface area contributed by atoms with Gasteiger partial charge in [-0.15, -0.1) is 0 Å². The summed E-state index contributed by atoms with van der Waals surface area (Å²) in [7, 11) is -2.79. The van der Waals surface area contributed by atoms with Gasteiger partial charge in [-0.25, -0.2) is 8.42 Å². The molecular weight excluding hydrogens is 524 g/mol. The first kappa shape index (κ1) is 29.1. The number of carbonyl (C=O) groups is 2. The van der Waals surface area contributed by atoms with E-state index in [1.165, 1.54) is 54.5 Å². The van der Waals surface area contributed by atoms with Gasteiger partial charge in [0.1, 0.15) is 18.3 Å². The lowest BCUT2D eigenvalue weighted by Crippen LogP contribution is -2.51. The number of ether oxygens (including phenoxy) is 1. The van der Waals surface area contributed by atoms with Gasteiger partial charge in [0.2, 0.25) is 11.8 Å². The van der Waals surface area contributed by atoms with Crippen LogP contribution in [0.25, 0.3) is 0 Å². The number of non-ortho nitro benzene ring substituents is 1. The molecule has 0 radical (unpaired) electrons. The number of nitrogens with one attached hydrogen (secondary N) is 1. The summed E-state index contributed by atoms with van der Waals surface area (Å²) in [6.07, 6.45) is 0. The van der Waals surface area contributed by atoms with Crippen molar-refractivity contribution in [3.63, 3.8) is 0 Å². The van der Waals surface area contributed by atoms with E-state index in [-0.39, 0.29) is 22.8 Å². The molecule has 39 heavy (non-hydrogen) atoms. The predicted molar refractivity (Wildman–Crippen MR) is 146 cm³/mol. The van der Waals surface area contributed by atoms with Crippen LogP contribution in [0.5, 0.6) is 5.75 Å². The molecule has 0 fully saturated rings. The molecule has 0 saturated carbocycles. The zero-order valence-corrected chi connectivity index (χ0v) is 22.6. The van der Waals surface area contributed by atoms with Gasteiger partial charge in [-0.1, -0.05) is 36.4 Å². The van der Waals surface area contributed by atoms with Gasteiger partial charge < -0.3 is 15.0 Å². The van der Waals surface area contributed by atoms with E-state index in [0.717, 1.165) is 10.4 Å². The number of hydrogen-bond donors (Lipinski definition) is 1. The number of nitrogens with zero attached hydrogens (tertiary/aromatic N) is 3. The Kier molecular flexibility index (Phi) is 9.61. The standard InChI is InChI=1S/C27H30N4O7S/c1-4-28-27(33)20(2)29(18-21-13-15-24(38-3)16-14-21)26(32)19-30(22-9-8-10-23(17-22)31(34)35)39(36,37)25-11-6-5-7-12-25/h5-17,20H,4,18-19H2,1-3H3,(H,28,33). The van der Waals surface area contributed by atoms with Crippen LogP contribution in [0.3, 0.4) is 0 Å². The molecule has 3 aromatic carbocycles. The topological polar surface area (TPSA) is 139 Å². The van der Waals surface area contributed by atoms with Gasteiger partial charge in [0.05, 0.1) is 22.6 Å². The first-order valence-corrected chi connectivity index (χ1v) is 13.5. The van der Waals surface area contributed by atoms with E-state index in [2.05, 4.69) is 5.32 Å². The lowest BCUT2D eigenvalue weighted by molar-refractivity contribution is -0.384. The Balaban J connectivity index is 2.05. The number of benzene rings is 3. The monoisotopic (exact) mass is 554 g/mol. The number of sulfonamides is 1. The second-order valence-corrected chi connectivity index (χ2v) is 10.4. The molecule has 0 aliphatic carbocycles. The van der Waals surface area contributed by atoms with Crippen molar-refractivity contribution in [2.24, 2.45) is 0 Å². The second kappa shape index (κ2) is 12.9. The minimum absolute atomic E-state index is 0.00922. The molecule has 0 aromatic heterocycles. The number of methoxy groups -OCH3 is 1. The highest BCUT2D eigenvalue weighted by Gasteiger charge is 2.33. The largest absolute Gasteiger partial charge is 0.497 e. The van der Waals surface area contributed by atoms with Crippen molar-refractivity contribution in [3.05, 3.63) is 94.5 Å². The molecule has 206 valence electrons. The Morgan fingerprint density at radius 3 is 2.28 bits per heavy atom. The maximum atomic E-state index is 13.8. The van der Waals surface area contributed by atoms with Gasteiger partial charge in [-0.3, -0.25) is 24.0 Å². The summed E-state index contributed by atoms with van der Waals surface area (Å²) in [4.78, 5) is 38.5. The van der Waals surface area contributed by atoms with E-state index in [9.17, 15) is 28.1 Å². The van der Waals surface area contributed by atoms with Crippen LogP contribution in [-0.2, 0) is 26.2 Å². The number of nitro groups is 1. The van der Waals surface area contributed by atoms with E-state index in [4.69, 9.17) is 4.74 Å². The van der Waals surface area contributed by atoms with Crippen molar-refractivity contribution in [1.82, 2.24) is 10.2 Å². The first-order valence-electron chi connectivity index (χ1n) is 12.1. The summed E-state index contributed by atoms with van der Waals surface area (Å²) in [5.41, 5.74) is 0.295. The van der Waals surface area contributed by atoms with Gasteiger partial charge in [-0.2, -0.15) is 0 Å². The first-order chi connectivity index (χ1) is 18.6. The van der Waals surface area contributed by atoms with Crippen LogP contribution >= 0.6 is 0 Å². The molecule has 12 heteroatoms. The van der Waals surface area contributed by atoms with Crippen molar-refractivity contribution < 1.29 is 27.7 Å². The van der Waals surface area contributed by atoms with Crippen molar-refractivity contribution in [3.8, 4) is 5.75 Å². The second-order valence-electron chi connectivity index (χ2n) is 8.54. The fourth-order valence-electron chi connectivity index (χ4n) is 3.84. The van der Waals surface area contributed by atoms with Gasteiger partial charge in [-0.05, 0) is 49.7 Å². The van der Waals surface area contributed by atoms with E-state index in [1.807, 2.05) is 0 Å². The molecule has 0 bridgehead atoms. The highest BCUT2D eigenvalue weighted by molar-refractivity contribution is 7.92. The van der Waals surface area contributed by atoms with Gasteiger partial charge >= 0.3 is 0 Å². The third kappa shape index (κ3) is 7.11. The Morgan fingerprint density at radius 1 is 1.03 bits per heavy atom. The molecule has 0 aliphatic heterocycles. The highest BCUT2D eigenvalue weighted by atomic mass is 32.2.